The zero-order valence-corrected chi connectivity index (χ0v) is 11.9. The van der Waals surface area contributed by atoms with E-state index in [1.54, 1.807) is 13.8 Å². The molecule has 0 aromatic rings. The van der Waals surface area contributed by atoms with Gasteiger partial charge >= 0.3 is 5.97 Å². The van der Waals surface area contributed by atoms with Crippen LogP contribution < -0.4 is 0 Å². The Labute approximate surface area is 114 Å². The van der Waals surface area contributed by atoms with Crippen molar-refractivity contribution >= 4 is 11.9 Å². The molecule has 1 amide bonds. The zero-order chi connectivity index (χ0) is 14.0. The molecule has 2 aliphatic heterocycles. The van der Waals surface area contributed by atoms with Gasteiger partial charge in [0.05, 0.1) is 12.0 Å². The van der Waals surface area contributed by atoms with E-state index in [1.807, 2.05) is 4.90 Å². The second-order valence-corrected chi connectivity index (χ2v) is 6.34. The molecule has 1 unspecified atom stereocenters. The highest BCUT2D eigenvalue weighted by Gasteiger charge is 2.39. The Kier molecular flexibility index (Phi) is 4.13. The maximum absolute atomic E-state index is 12.0. The summed E-state index contributed by atoms with van der Waals surface area (Å²) in [6.07, 6.45) is 3.03. The molecular formula is C14H24N2O3. The number of carbonyl (C=O) groups excluding carboxylic acids is 1. The van der Waals surface area contributed by atoms with Crippen LogP contribution in [-0.2, 0) is 9.59 Å². The van der Waals surface area contributed by atoms with Crippen LogP contribution in [-0.4, -0.2) is 59.5 Å². The number of piperidine rings is 1. The van der Waals surface area contributed by atoms with E-state index in [0.29, 0.717) is 6.54 Å². The quantitative estimate of drug-likeness (QED) is 0.827. The van der Waals surface area contributed by atoms with Crippen LogP contribution in [0.25, 0.3) is 0 Å². The number of carbonyl (C=O) groups is 2. The van der Waals surface area contributed by atoms with Gasteiger partial charge in [-0.2, -0.15) is 0 Å². The Morgan fingerprint density at radius 1 is 1.21 bits per heavy atom. The van der Waals surface area contributed by atoms with Gasteiger partial charge in [0.2, 0.25) is 5.91 Å². The number of hydrogen-bond acceptors (Lipinski definition) is 3. The summed E-state index contributed by atoms with van der Waals surface area (Å²) in [5.41, 5.74) is -0.710. The molecule has 0 radical (unpaired) electrons. The third kappa shape index (κ3) is 3.08. The van der Waals surface area contributed by atoms with E-state index in [-0.39, 0.29) is 11.8 Å². The smallest absolute Gasteiger partial charge is 0.309 e. The largest absolute Gasteiger partial charge is 0.481 e. The lowest BCUT2D eigenvalue weighted by molar-refractivity contribution is -0.151. The summed E-state index contributed by atoms with van der Waals surface area (Å²) < 4.78 is 0. The van der Waals surface area contributed by atoms with Gasteiger partial charge in [-0.25, -0.2) is 0 Å². The van der Waals surface area contributed by atoms with E-state index in [9.17, 15) is 14.7 Å². The van der Waals surface area contributed by atoms with Gasteiger partial charge in [-0.15, -0.1) is 0 Å². The van der Waals surface area contributed by atoms with Crippen molar-refractivity contribution in [2.75, 3.05) is 32.7 Å². The topological polar surface area (TPSA) is 60.9 Å². The van der Waals surface area contributed by atoms with E-state index in [0.717, 1.165) is 45.4 Å². The number of carboxylic acids is 1. The highest BCUT2D eigenvalue weighted by atomic mass is 16.4. The summed E-state index contributed by atoms with van der Waals surface area (Å²) in [7, 11) is 0. The molecule has 1 N–H and O–H groups in total. The normalized spacial score (nSPS) is 24.9. The van der Waals surface area contributed by atoms with Crippen molar-refractivity contribution in [1.82, 2.24) is 9.80 Å². The number of amides is 1. The average Bonchev–Trinajstić information content (AvgIpc) is 2.26. The molecule has 0 bridgehead atoms. The molecule has 1 atom stereocenters. The lowest BCUT2D eigenvalue weighted by Crippen LogP contribution is -2.51. The van der Waals surface area contributed by atoms with Crippen LogP contribution in [0.15, 0.2) is 0 Å². The first kappa shape index (κ1) is 14.3. The minimum Gasteiger partial charge on any atom is -0.481 e. The summed E-state index contributed by atoms with van der Waals surface area (Å²) in [4.78, 5) is 27.3. The van der Waals surface area contributed by atoms with E-state index in [1.165, 1.54) is 0 Å². The SMILES string of the molecule is CC(C)(C(=O)O)C1CCCN(CC(=O)N2CCC2)C1. The first-order valence-corrected chi connectivity index (χ1v) is 7.15. The molecule has 108 valence electrons. The van der Waals surface area contributed by atoms with Gasteiger partial charge in [-0.05, 0) is 45.6 Å². The van der Waals surface area contributed by atoms with Crippen LogP contribution in [0, 0.1) is 11.3 Å². The highest BCUT2D eigenvalue weighted by Crippen LogP contribution is 2.34. The highest BCUT2D eigenvalue weighted by molar-refractivity contribution is 5.79. The van der Waals surface area contributed by atoms with Crippen molar-refractivity contribution in [2.24, 2.45) is 11.3 Å². The van der Waals surface area contributed by atoms with Gasteiger partial charge in [0.15, 0.2) is 0 Å². The third-order valence-electron chi connectivity index (χ3n) is 4.64. The minimum absolute atomic E-state index is 0.128. The zero-order valence-electron chi connectivity index (χ0n) is 11.9. The molecule has 5 heteroatoms. The van der Waals surface area contributed by atoms with Crippen LogP contribution in [0.3, 0.4) is 0 Å². The lowest BCUT2D eigenvalue weighted by Gasteiger charge is -2.40. The standard InChI is InChI=1S/C14H24N2O3/c1-14(2,13(18)19)11-5-3-6-15(9-11)10-12(17)16-7-4-8-16/h11H,3-10H2,1-2H3,(H,18,19). The van der Waals surface area contributed by atoms with Crippen molar-refractivity contribution in [3.05, 3.63) is 0 Å². The second-order valence-electron chi connectivity index (χ2n) is 6.34. The van der Waals surface area contributed by atoms with Gasteiger partial charge in [0.25, 0.3) is 0 Å². The molecule has 0 spiro atoms. The Hall–Kier alpha value is -1.10. The molecule has 19 heavy (non-hydrogen) atoms. The number of rotatable bonds is 4. The summed E-state index contributed by atoms with van der Waals surface area (Å²) in [6, 6.07) is 0. The third-order valence-corrected chi connectivity index (χ3v) is 4.64. The molecule has 2 saturated heterocycles. The molecule has 0 aliphatic carbocycles. The first-order valence-electron chi connectivity index (χ1n) is 7.15. The van der Waals surface area contributed by atoms with Crippen molar-refractivity contribution in [1.29, 1.82) is 0 Å². The molecular weight excluding hydrogens is 244 g/mol. The first-order chi connectivity index (χ1) is 8.91. The Morgan fingerprint density at radius 2 is 1.89 bits per heavy atom. The monoisotopic (exact) mass is 268 g/mol. The number of carboxylic acid groups (broad SMARTS) is 1. The Balaban J connectivity index is 1.89. The average molecular weight is 268 g/mol. The number of nitrogens with zero attached hydrogens (tertiary/aromatic N) is 2. The lowest BCUT2D eigenvalue weighted by atomic mass is 9.74. The Bertz CT molecular complexity index is 364. The van der Waals surface area contributed by atoms with Gasteiger partial charge < -0.3 is 10.0 Å². The number of likely N-dealkylation sites (tertiary alicyclic amines) is 2. The molecule has 5 nitrogen and oxygen atoms in total. The van der Waals surface area contributed by atoms with E-state index in [2.05, 4.69) is 4.90 Å². The molecule has 2 heterocycles. The van der Waals surface area contributed by atoms with Crippen molar-refractivity contribution in [3.8, 4) is 0 Å². The van der Waals surface area contributed by atoms with Crippen molar-refractivity contribution in [3.63, 3.8) is 0 Å². The summed E-state index contributed by atoms with van der Waals surface area (Å²) in [5, 5.41) is 9.30. The fourth-order valence-electron chi connectivity index (χ4n) is 2.82. The van der Waals surface area contributed by atoms with Gasteiger partial charge in [0.1, 0.15) is 0 Å². The maximum Gasteiger partial charge on any atom is 0.309 e. The summed E-state index contributed by atoms with van der Waals surface area (Å²) in [5.74, 6) is -0.420. The second kappa shape index (κ2) is 5.49. The van der Waals surface area contributed by atoms with Gasteiger partial charge in [-0.1, -0.05) is 0 Å². The molecule has 2 fully saturated rings. The van der Waals surface area contributed by atoms with Crippen LogP contribution in [0.5, 0.6) is 0 Å². The summed E-state index contributed by atoms with van der Waals surface area (Å²) in [6.45, 7) is 7.44. The number of aliphatic carboxylic acids is 1. The van der Waals surface area contributed by atoms with Gasteiger partial charge in [0, 0.05) is 19.6 Å². The summed E-state index contributed by atoms with van der Waals surface area (Å²) >= 11 is 0. The number of hydrogen-bond donors (Lipinski definition) is 1. The predicted octanol–water partition coefficient (Wildman–Crippen LogP) is 1.04. The van der Waals surface area contributed by atoms with Crippen LogP contribution >= 0.6 is 0 Å². The van der Waals surface area contributed by atoms with Crippen molar-refractivity contribution in [2.45, 2.75) is 33.1 Å². The fraction of sp³-hybridized carbons (Fsp3) is 0.857. The predicted molar refractivity (Wildman–Crippen MR) is 71.8 cm³/mol. The van der Waals surface area contributed by atoms with Crippen LogP contribution in [0.1, 0.15) is 33.1 Å². The van der Waals surface area contributed by atoms with E-state index >= 15 is 0 Å². The van der Waals surface area contributed by atoms with E-state index < -0.39 is 11.4 Å². The van der Waals surface area contributed by atoms with E-state index in [4.69, 9.17) is 0 Å². The van der Waals surface area contributed by atoms with Crippen molar-refractivity contribution < 1.29 is 14.7 Å². The van der Waals surface area contributed by atoms with Gasteiger partial charge in [-0.3, -0.25) is 14.5 Å². The Morgan fingerprint density at radius 3 is 2.42 bits per heavy atom. The molecule has 0 aromatic carbocycles. The minimum atomic E-state index is -0.742. The molecule has 0 saturated carbocycles. The maximum atomic E-state index is 12.0. The van der Waals surface area contributed by atoms with Crippen LogP contribution in [0.4, 0.5) is 0 Å². The molecule has 0 aromatic heterocycles. The molecule has 2 aliphatic rings. The van der Waals surface area contributed by atoms with Crippen LogP contribution in [0.2, 0.25) is 0 Å². The fourth-order valence-corrected chi connectivity index (χ4v) is 2.82. The molecule has 2 rings (SSSR count).